The highest BCUT2D eigenvalue weighted by Gasteiger charge is 2.28. The van der Waals surface area contributed by atoms with Crippen LogP contribution in [0.1, 0.15) is 19.4 Å². The number of amides is 1. The number of nitro groups is 1. The van der Waals surface area contributed by atoms with E-state index in [1.807, 2.05) is 0 Å². The van der Waals surface area contributed by atoms with Crippen LogP contribution in [0.5, 0.6) is 0 Å². The average Bonchev–Trinajstić information content (AvgIpc) is 2.65. The minimum atomic E-state index is -3.71. The molecule has 0 bridgehead atoms. The maximum Gasteiger partial charge on any atom is 0.269 e. The van der Waals surface area contributed by atoms with Crippen molar-refractivity contribution in [3.63, 3.8) is 0 Å². The molecule has 28 heavy (non-hydrogen) atoms. The Labute approximate surface area is 162 Å². The van der Waals surface area contributed by atoms with Crippen molar-refractivity contribution in [1.29, 1.82) is 0 Å². The maximum absolute atomic E-state index is 12.5. The molecule has 2 rings (SSSR count). The third-order valence-electron chi connectivity index (χ3n) is 3.93. The number of nitrogens with zero attached hydrogens (tertiary/aromatic N) is 3. The molecule has 0 aliphatic heterocycles. The molecule has 0 spiro atoms. The van der Waals surface area contributed by atoms with E-state index in [-0.39, 0.29) is 5.69 Å². The molecule has 0 fully saturated rings. The van der Waals surface area contributed by atoms with Crippen molar-refractivity contribution in [3.8, 4) is 0 Å². The van der Waals surface area contributed by atoms with Gasteiger partial charge in [0, 0.05) is 12.1 Å². The van der Waals surface area contributed by atoms with Gasteiger partial charge < -0.3 is 0 Å². The van der Waals surface area contributed by atoms with E-state index in [1.165, 1.54) is 31.2 Å². The molecule has 0 saturated carbocycles. The lowest BCUT2D eigenvalue weighted by Gasteiger charge is -2.27. The molecule has 10 heteroatoms. The minimum absolute atomic E-state index is 0.0548. The molecule has 0 aromatic heterocycles. The molecule has 9 nitrogen and oxygen atoms in total. The van der Waals surface area contributed by atoms with Gasteiger partial charge in [-0.05, 0) is 43.7 Å². The van der Waals surface area contributed by atoms with Gasteiger partial charge in [0.1, 0.15) is 6.04 Å². The first-order valence-electron chi connectivity index (χ1n) is 8.24. The number of carbonyl (C=O) groups excluding carboxylic acids is 1. The Morgan fingerprint density at radius 1 is 1.14 bits per heavy atom. The van der Waals surface area contributed by atoms with E-state index >= 15 is 0 Å². The topological polar surface area (TPSA) is 122 Å². The zero-order valence-corrected chi connectivity index (χ0v) is 16.4. The summed E-state index contributed by atoms with van der Waals surface area (Å²) in [6.07, 6.45) is 1.02. The van der Waals surface area contributed by atoms with Gasteiger partial charge in [0.05, 0.1) is 22.6 Å². The number of hydrogen-bond donors (Lipinski definition) is 1. The fourth-order valence-electron chi connectivity index (χ4n) is 2.50. The van der Waals surface area contributed by atoms with E-state index in [9.17, 15) is 23.3 Å². The van der Waals surface area contributed by atoms with Crippen LogP contribution in [-0.4, -0.2) is 37.3 Å². The molecule has 0 unspecified atom stereocenters. The normalized spacial score (nSPS) is 12.9. The number of nitro benzene ring substituents is 1. The lowest BCUT2D eigenvalue weighted by molar-refractivity contribution is -0.384. The predicted octanol–water partition coefficient (Wildman–Crippen LogP) is 2.29. The van der Waals surface area contributed by atoms with E-state index in [4.69, 9.17) is 0 Å². The van der Waals surface area contributed by atoms with Crippen molar-refractivity contribution >= 4 is 33.0 Å². The molecule has 0 heterocycles. The van der Waals surface area contributed by atoms with Gasteiger partial charge in [-0.3, -0.25) is 19.2 Å². The maximum atomic E-state index is 12.5. The summed E-state index contributed by atoms with van der Waals surface area (Å²) in [5.41, 5.74) is 3.66. The molecule has 0 aliphatic carbocycles. The Morgan fingerprint density at radius 3 is 2.21 bits per heavy atom. The zero-order valence-electron chi connectivity index (χ0n) is 15.6. The van der Waals surface area contributed by atoms with Crippen LogP contribution in [0.4, 0.5) is 11.4 Å². The van der Waals surface area contributed by atoms with Crippen LogP contribution >= 0.6 is 0 Å². The molecule has 2 aromatic carbocycles. The van der Waals surface area contributed by atoms with Gasteiger partial charge in [-0.25, -0.2) is 13.8 Å². The molecule has 148 valence electrons. The zero-order chi connectivity index (χ0) is 20.9. The van der Waals surface area contributed by atoms with Gasteiger partial charge in [0.15, 0.2) is 0 Å². The molecule has 1 atom stereocenters. The van der Waals surface area contributed by atoms with Crippen molar-refractivity contribution in [2.75, 3.05) is 10.6 Å². The number of benzene rings is 2. The summed E-state index contributed by atoms with van der Waals surface area (Å²) in [7, 11) is -3.71. The number of hydrazone groups is 1. The quantitative estimate of drug-likeness (QED) is 0.431. The highest BCUT2D eigenvalue weighted by Crippen LogP contribution is 2.20. The van der Waals surface area contributed by atoms with Gasteiger partial charge in [-0.2, -0.15) is 5.10 Å². The molecular formula is C18H20N4O5S. The lowest BCUT2D eigenvalue weighted by atomic mass is 10.1. The third-order valence-corrected chi connectivity index (χ3v) is 5.17. The Bertz CT molecular complexity index is 988. The average molecular weight is 404 g/mol. The summed E-state index contributed by atoms with van der Waals surface area (Å²) >= 11 is 0. The van der Waals surface area contributed by atoms with Crippen LogP contribution in [-0.2, 0) is 14.8 Å². The number of nitrogens with one attached hydrogen (secondary N) is 1. The number of hydrogen-bond acceptors (Lipinski definition) is 6. The van der Waals surface area contributed by atoms with E-state index < -0.39 is 26.9 Å². The number of para-hydroxylation sites is 1. The van der Waals surface area contributed by atoms with Crippen molar-refractivity contribution in [2.24, 2.45) is 5.10 Å². The molecule has 1 N–H and O–H groups in total. The van der Waals surface area contributed by atoms with E-state index in [0.29, 0.717) is 17.0 Å². The lowest BCUT2D eigenvalue weighted by Crippen LogP contribution is -2.46. The van der Waals surface area contributed by atoms with Crippen molar-refractivity contribution in [1.82, 2.24) is 5.43 Å². The van der Waals surface area contributed by atoms with Crippen LogP contribution in [0, 0.1) is 10.1 Å². The number of sulfonamides is 1. The summed E-state index contributed by atoms with van der Waals surface area (Å²) in [5.74, 6) is -0.615. The molecular weight excluding hydrogens is 384 g/mol. The predicted molar refractivity (Wildman–Crippen MR) is 107 cm³/mol. The summed E-state index contributed by atoms with van der Waals surface area (Å²) in [4.78, 5) is 22.7. The van der Waals surface area contributed by atoms with Crippen molar-refractivity contribution < 1.29 is 18.1 Å². The smallest absolute Gasteiger partial charge is 0.269 e. The third kappa shape index (κ3) is 5.13. The first-order valence-corrected chi connectivity index (χ1v) is 10.1. The van der Waals surface area contributed by atoms with Crippen LogP contribution in [0.25, 0.3) is 0 Å². The summed E-state index contributed by atoms with van der Waals surface area (Å²) in [6.45, 7) is 3.08. The number of rotatable bonds is 7. The first kappa shape index (κ1) is 21.0. The monoisotopic (exact) mass is 404 g/mol. The Balaban J connectivity index is 2.17. The van der Waals surface area contributed by atoms with Crippen LogP contribution in [0.2, 0.25) is 0 Å². The van der Waals surface area contributed by atoms with Gasteiger partial charge >= 0.3 is 0 Å². The first-order chi connectivity index (χ1) is 13.1. The summed E-state index contributed by atoms with van der Waals surface area (Å²) in [5, 5.41) is 14.7. The molecule has 0 radical (unpaired) electrons. The van der Waals surface area contributed by atoms with Crippen molar-refractivity contribution in [2.45, 2.75) is 19.9 Å². The summed E-state index contributed by atoms with van der Waals surface area (Å²) in [6, 6.07) is 12.9. The second-order valence-corrected chi connectivity index (χ2v) is 7.91. The van der Waals surface area contributed by atoms with Crippen LogP contribution < -0.4 is 9.73 Å². The van der Waals surface area contributed by atoms with Gasteiger partial charge in [0.2, 0.25) is 10.0 Å². The fourth-order valence-corrected chi connectivity index (χ4v) is 3.68. The second-order valence-electron chi connectivity index (χ2n) is 6.05. The molecule has 1 amide bonds. The highest BCUT2D eigenvalue weighted by atomic mass is 32.2. The van der Waals surface area contributed by atoms with E-state index in [1.54, 1.807) is 37.3 Å². The van der Waals surface area contributed by atoms with E-state index in [2.05, 4.69) is 10.5 Å². The number of anilines is 1. The highest BCUT2D eigenvalue weighted by molar-refractivity contribution is 7.92. The standard InChI is InChI=1S/C18H20N4O5S/c1-13(15-9-11-17(12-10-15)22(24)25)19-20-18(23)14(2)21(28(3,26)27)16-7-5-4-6-8-16/h4-12,14H,1-3H3,(H,20,23)/b19-13-/t14-/m1/s1. The van der Waals surface area contributed by atoms with Crippen LogP contribution in [0.15, 0.2) is 59.7 Å². The Morgan fingerprint density at radius 2 is 1.71 bits per heavy atom. The summed E-state index contributed by atoms with van der Waals surface area (Å²) < 4.78 is 25.4. The second kappa shape index (κ2) is 8.61. The Hall–Kier alpha value is -3.27. The van der Waals surface area contributed by atoms with Gasteiger partial charge in [-0.15, -0.1) is 0 Å². The Kier molecular flexibility index (Phi) is 6.47. The van der Waals surface area contributed by atoms with Crippen LogP contribution in [0.3, 0.4) is 0 Å². The van der Waals surface area contributed by atoms with E-state index in [0.717, 1.165) is 10.6 Å². The fraction of sp³-hybridized carbons (Fsp3) is 0.222. The number of carbonyl (C=O) groups is 1. The van der Waals surface area contributed by atoms with Gasteiger partial charge in [-0.1, -0.05) is 18.2 Å². The molecule has 0 aliphatic rings. The molecule has 2 aromatic rings. The van der Waals surface area contributed by atoms with Crippen molar-refractivity contribution in [3.05, 3.63) is 70.3 Å². The molecule has 0 saturated heterocycles. The minimum Gasteiger partial charge on any atom is -0.271 e. The SMILES string of the molecule is C/C(=N/NC(=O)[C@@H](C)N(c1ccccc1)S(C)(=O)=O)c1ccc([N+](=O)[O-])cc1. The largest absolute Gasteiger partial charge is 0.271 e. The number of non-ortho nitro benzene ring substituents is 1. The van der Waals surface area contributed by atoms with Gasteiger partial charge in [0.25, 0.3) is 11.6 Å².